The van der Waals surface area contributed by atoms with Crippen molar-refractivity contribution in [1.82, 2.24) is 19.3 Å². The van der Waals surface area contributed by atoms with Crippen LogP contribution in [-0.2, 0) is 17.3 Å². The fourth-order valence-corrected chi connectivity index (χ4v) is 5.69. The van der Waals surface area contributed by atoms with Gasteiger partial charge in [-0.15, -0.1) is 0 Å². The van der Waals surface area contributed by atoms with Crippen LogP contribution in [0.15, 0.2) is 88.5 Å². The predicted octanol–water partition coefficient (Wildman–Crippen LogP) is 3.18. The number of non-ortho nitro benzene ring substituents is 1. The number of nitro groups is 1. The third-order valence-corrected chi connectivity index (χ3v) is 7.45. The minimum absolute atomic E-state index is 0.0661. The Labute approximate surface area is 224 Å². The summed E-state index contributed by atoms with van der Waals surface area (Å²) in [7, 11) is 1.46. The number of hydrogen-bond acceptors (Lipinski definition) is 7. The molecule has 0 bridgehead atoms. The smallest absolute Gasteiger partial charge is 0.325 e. The van der Waals surface area contributed by atoms with Gasteiger partial charge in [0, 0.05) is 41.6 Å². The van der Waals surface area contributed by atoms with Crippen molar-refractivity contribution in [3.63, 3.8) is 0 Å². The summed E-state index contributed by atoms with van der Waals surface area (Å²) in [5.74, 6) is -0.180. The number of carbonyl (C=O) groups excluding carboxylic acids is 1. The lowest BCUT2D eigenvalue weighted by Gasteiger charge is -2.35. The second-order valence-corrected chi connectivity index (χ2v) is 9.54. The zero-order valence-electron chi connectivity index (χ0n) is 20.8. The maximum atomic E-state index is 14.3. The number of amides is 1. The molecule has 1 amide bonds. The van der Waals surface area contributed by atoms with Gasteiger partial charge in [0.1, 0.15) is 17.1 Å². The van der Waals surface area contributed by atoms with Crippen LogP contribution in [0.2, 0.25) is 0 Å². The molecule has 40 heavy (non-hydrogen) atoms. The van der Waals surface area contributed by atoms with Crippen LogP contribution in [0.5, 0.6) is 0 Å². The van der Waals surface area contributed by atoms with Crippen molar-refractivity contribution >= 4 is 28.9 Å². The number of benzene rings is 3. The van der Waals surface area contributed by atoms with Crippen molar-refractivity contribution in [2.45, 2.75) is 5.41 Å². The van der Waals surface area contributed by atoms with E-state index in [1.807, 2.05) is 60.7 Å². The largest absolute Gasteiger partial charge is 0.329 e. The van der Waals surface area contributed by atoms with E-state index in [4.69, 9.17) is 5.10 Å². The van der Waals surface area contributed by atoms with E-state index < -0.39 is 27.5 Å². The van der Waals surface area contributed by atoms with Crippen LogP contribution in [0.25, 0.3) is 16.9 Å². The molecule has 2 aliphatic rings. The molecule has 1 unspecified atom stereocenters. The quantitative estimate of drug-likeness (QED) is 0.237. The second-order valence-electron chi connectivity index (χ2n) is 9.54. The molecule has 0 radical (unpaired) electrons. The Morgan fingerprint density at radius 2 is 1.57 bits per heavy atom. The molecular weight excluding hydrogens is 514 g/mol. The summed E-state index contributed by atoms with van der Waals surface area (Å²) >= 11 is 0. The zero-order valence-corrected chi connectivity index (χ0v) is 20.8. The van der Waals surface area contributed by atoms with Gasteiger partial charge in [0.05, 0.1) is 21.9 Å². The van der Waals surface area contributed by atoms with Crippen LogP contribution < -0.4 is 21.9 Å². The van der Waals surface area contributed by atoms with Gasteiger partial charge in [0.15, 0.2) is 0 Å². The molecule has 1 spiro atoms. The van der Waals surface area contributed by atoms with Crippen molar-refractivity contribution in [2.75, 3.05) is 10.6 Å². The summed E-state index contributed by atoms with van der Waals surface area (Å²) < 4.78 is 2.81. The lowest BCUT2D eigenvalue weighted by atomic mass is 9.68. The summed E-state index contributed by atoms with van der Waals surface area (Å²) in [6, 6.07) is 22.4. The second kappa shape index (κ2) is 8.11. The Balaban J connectivity index is 1.71. The van der Waals surface area contributed by atoms with E-state index in [1.54, 1.807) is 4.68 Å². The average molecular weight is 534 g/mol. The molecule has 1 atom stereocenters. The van der Waals surface area contributed by atoms with Crippen LogP contribution in [-0.4, -0.2) is 30.2 Å². The first-order chi connectivity index (χ1) is 19.3. The molecule has 5 aromatic rings. The number of rotatable bonds is 3. The van der Waals surface area contributed by atoms with E-state index in [-0.39, 0.29) is 22.6 Å². The zero-order chi connectivity index (χ0) is 27.8. The van der Waals surface area contributed by atoms with Gasteiger partial charge in [0.25, 0.3) is 11.2 Å². The average Bonchev–Trinajstić information content (AvgIpc) is 3.48. The van der Waals surface area contributed by atoms with Crippen molar-refractivity contribution in [3.8, 4) is 16.9 Å². The Bertz CT molecular complexity index is 2010. The Morgan fingerprint density at radius 1 is 0.875 bits per heavy atom. The van der Waals surface area contributed by atoms with Crippen molar-refractivity contribution in [2.24, 2.45) is 7.05 Å². The molecule has 3 aromatic carbocycles. The summed E-state index contributed by atoms with van der Waals surface area (Å²) in [4.78, 5) is 54.3. The van der Waals surface area contributed by atoms with Crippen molar-refractivity contribution in [3.05, 3.63) is 127 Å². The molecule has 2 aromatic heterocycles. The van der Waals surface area contributed by atoms with Gasteiger partial charge >= 0.3 is 5.69 Å². The lowest BCUT2D eigenvalue weighted by Crippen LogP contribution is -2.48. The standard InChI is InChI=1S/C28H19N7O5/c1-33-23-21(25(36)31-27(33)38)28(18-14-17(35(39)40)12-13-19(18)29-26(28)37)20-22(15-8-4-2-5-9-15)32-34(24(20)30-23)16-10-6-3-7-11-16/h2-14,30H,1H3,(H,29,37)(H,31,36,38). The van der Waals surface area contributed by atoms with E-state index >= 15 is 0 Å². The number of fused-ring (bicyclic) bond motifs is 6. The topological polar surface area (TPSA) is 157 Å². The molecule has 0 saturated heterocycles. The SMILES string of the molecule is Cn1c2c(c(=O)[nH]c1=O)C1(C(=O)Nc3ccc([N+](=O)[O-])cc31)c1c(-c3ccccc3)nn(-c3ccccc3)c1N2. The van der Waals surface area contributed by atoms with Gasteiger partial charge in [0.2, 0.25) is 5.91 Å². The fraction of sp³-hybridized carbons (Fsp3) is 0.0714. The molecule has 2 aliphatic heterocycles. The number of aromatic nitrogens is 4. The van der Waals surface area contributed by atoms with E-state index in [0.29, 0.717) is 34.0 Å². The monoisotopic (exact) mass is 533 g/mol. The molecule has 7 rings (SSSR count). The minimum Gasteiger partial charge on any atom is -0.325 e. The molecule has 3 N–H and O–H groups in total. The van der Waals surface area contributed by atoms with E-state index in [1.165, 1.54) is 29.8 Å². The summed E-state index contributed by atoms with van der Waals surface area (Å²) in [5.41, 5.74) is -1.13. The molecule has 196 valence electrons. The first kappa shape index (κ1) is 23.3. The molecule has 12 nitrogen and oxygen atoms in total. The molecular formula is C28H19N7O5. The van der Waals surface area contributed by atoms with E-state index in [2.05, 4.69) is 15.6 Å². The number of H-pyrrole nitrogens is 1. The first-order valence-corrected chi connectivity index (χ1v) is 12.3. The van der Waals surface area contributed by atoms with Crippen LogP contribution in [0.4, 0.5) is 23.0 Å². The molecule has 12 heteroatoms. The summed E-state index contributed by atoms with van der Waals surface area (Å²) in [6.45, 7) is 0. The highest BCUT2D eigenvalue weighted by atomic mass is 16.6. The van der Waals surface area contributed by atoms with Gasteiger partial charge in [-0.1, -0.05) is 48.5 Å². The van der Waals surface area contributed by atoms with Gasteiger partial charge in [-0.3, -0.25) is 29.3 Å². The number of carbonyl (C=O) groups is 1. The highest BCUT2D eigenvalue weighted by Gasteiger charge is 2.59. The van der Waals surface area contributed by atoms with Gasteiger partial charge in [-0.25, -0.2) is 9.48 Å². The number of para-hydroxylation sites is 1. The Hall–Kier alpha value is -5.78. The fourth-order valence-electron chi connectivity index (χ4n) is 5.69. The van der Waals surface area contributed by atoms with Crippen LogP contribution in [0.1, 0.15) is 16.7 Å². The maximum Gasteiger partial charge on any atom is 0.329 e. The van der Waals surface area contributed by atoms with Crippen molar-refractivity contribution in [1.29, 1.82) is 0 Å². The third kappa shape index (κ3) is 2.95. The number of nitrogens with zero attached hydrogens (tertiary/aromatic N) is 4. The molecule has 4 heterocycles. The van der Waals surface area contributed by atoms with E-state index in [0.717, 1.165) is 0 Å². The van der Waals surface area contributed by atoms with Gasteiger partial charge in [-0.2, -0.15) is 5.10 Å². The number of aromatic amines is 1. The van der Waals surface area contributed by atoms with Crippen LogP contribution >= 0.6 is 0 Å². The number of hydrogen-bond donors (Lipinski definition) is 3. The Morgan fingerprint density at radius 3 is 2.27 bits per heavy atom. The molecule has 0 aliphatic carbocycles. The molecule has 0 fully saturated rings. The highest BCUT2D eigenvalue weighted by molar-refractivity contribution is 6.15. The number of anilines is 3. The minimum atomic E-state index is -1.88. The number of nitro benzene ring substituents is 1. The highest BCUT2D eigenvalue weighted by Crippen LogP contribution is 2.56. The van der Waals surface area contributed by atoms with Crippen LogP contribution in [0.3, 0.4) is 0 Å². The first-order valence-electron chi connectivity index (χ1n) is 12.3. The van der Waals surface area contributed by atoms with Gasteiger partial charge in [-0.05, 0) is 18.2 Å². The lowest BCUT2D eigenvalue weighted by molar-refractivity contribution is -0.384. The van der Waals surface area contributed by atoms with Crippen molar-refractivity contribution < 1.29 is 9.72 Å². The molecule has 0 saturated carbocycles. The third-order valence-electron chi connectivity index (χ3n) is 7.45. The number of nitrogens with one attached hydrogen (secondary N) is 3. The summed E-state index contributed by atoms with van der Waals surface area (Å²) in [6.07, 6.45) is 0. The normalized spacial score (nSPS) is 16.6. The van der Waals surface area contributed by atoms with Crippen LogP contribution in [0, 0.1) is 10.1 Å². The summed E-state index contributed by atoms with van der Waals surface area (Å²) in [5, 5.41) is 22.8. The maximum absolute atomic E-state index is 14.3. The Kier molecular flexibility index (Phi) is 4.73. The predicted molar refractivity (Wildman–Crippen MR) is 146 cm³/mol. The van der Waals surface area contributed by atoms with E-state index in [9.17, 15) is 24.5 Å². The van der Waals surface area contributed by atoms with Gasteiger partial charge < -0.3 is 10.6 Å².